The number of anilines is 2. The molecule has 0 aliphatic carbocycles. The highest BCUT2D eigenvalue weighted by Crippen LogP contribution is 2.33. The van der Waals surface area contributed by atoms with Gasteiger partial charge in [-0.25, -0.2) is 14.8 Å². The molecular formula is C24H21N3O3S. The SMILES string of the molecule is CC(=O)N(c1nc(C=C2N=C(c3ccccc3C)OC2=O)cs1)c1cccc(C)c1C. The molecule has 31 heavy (non-hydrogen) atoms. The van der Waals surface area contributed by atoms with Gasteiger partial charge in [-0.3, -0.25) is 9.69 Å². The van der Waals surface area contributed by atoms with E-state index in [1.807, 2.05) is 63.2 Å². The Morgan fingerprint density at radius 3 is 2.55 bits per heavy atom. The molecule has 1 aliphatic heterocycles. The van der Waals surface area contributed by atoms with Crippen molar-refractivity contribution < 1.29 is 14.3 Å². The highest BCUT2D eigenvalue weighted by molar-refractivity contribution is 7.14. The fourth-order valence-corrected chi connectivity index (χ4v) is 4.15. The summed E-state index contributed by atoms with van der Waals surface area (Å²) in [4.78, 5) is 35.3. The number of aromatic nitrogens is 1. The molecule has 0 fully saturated rings. The van der Waals surface area contributed by atoms with E-state index in [1.165, 1.54) is 18.3 Å². The second kappa shape index (κ2) is 8.28. The van der Waals surface area contributed by atoms with Crippen LogP contribution >= 0.6 is 11.3 Å². The Balaban J connectivity index is 1.67. The van der Waals surface area contributed by atoms with Crippen molar-refractivity contribution in [1.29, 1.82) is 0 Å². The van der Waals surface area contributed by atoms with E-state index in [4.69, 9.17) is 4.74 Å². The minimum atomic E-state index is -0.522. The molecule has 3 aromatic rings. The Kier molecular flexibility index (Phi) is 5.52. The van der Waals surface area contributed by atoms with Crippen molar-refractivity contribution in [2.45, 2.75) is 27.7 Å². The van der Waals surface area contributed by atoms with E-state index in [2.05, 4.69) is 9.98 Å². The average molecular weight is 432 g/mol. The highest BCUT2D eigenvalue weighted by atomic mass is 32.1. The lowest BCUT2D eigenvalue weighted by atomic mass is 10.1. The molecule has 156 valence electrons. The third-order valence-corrected chi connectivity index (χ3v) is 5.96. The van der Waals surface area contributed by atoms with E-state index in [-0.39, 0.29) is 17.5 Å². The number of nitrogens with zero attached hydrogens (tertiary/aromatic N) is 3. The molecule has 0 saturated carbocycles. The van der Waals surface area contributed by atoms with Crippen LogP contribution in [0.3, 0.4) is 0 Å². The third kappa shape index (κ3) is 4.04. The summed E-state index contributed by atoms with van der Waals surface area (Å²) >= 11 is 1.33. The minimum Gasteiger partial charge on any atom is -0.402 e. The van der Waals surface area contributed by atoms with Gasteiger partial charge in [0.05, 0.1) is 11.4 Å². The van der Waals surface area contributed by atoms with Crippen LogP contribution in [0.25, 0.3) is 6.08 Å². The number of hydrogen-bond donors (Lipinski definition) is 0. The zero-order chi connectivity index (χ0) is 22.1. The number of aliphatic imine (C=N–C) groups is 1. The first-order valence-corrected chi connectivity index (χ1v) is 10.6. The van der Waals surface area contributed by atoms with Gasteiger partial charge in [-0.05, 0) is 55.7 Å². The minimum absolute atomic E-state index is 0.137. The number of thiazole rings is 1. The van der Waals surface area contributed by atoms with Crippen molar-refractivity contribution in [2.24, 2.45) is 4.99 Å². The Morgan fingerprint density at radius 1 is 1.06 bits per heavy atom. The molecule has 0 atom stereocenters. The molecule has 0 spiro atoms. The van der Waals surface area contributed by atoms with E-state index in [9.17, 15) is 9.59 Å². The summed E-state index contributed by atoms with van der Waals surface area (Å²) in [5, 5.41) is 2.32. The number of carbonyl (C=O) groups excluding carboxylic acids is 2. The van der Waals surface area contributed by atoms with E-state index in [0.29, 0.717) is 10.8 Å². The molecule has 1 amide bonds. The number of carbonyl (C=O) groups is 2. The van der Waals surface area contributed by atoms with Crippen molar-refractivity contribution in [3.05, 3.63) is 81.5 Å². The molecule has 0 bridgehead atoms. The highest BCUT2D eigenvalue weighted by Gasteiger charge is 2.26. The molecule has 0 N–H and O–H groups in total. The number of esters is 1. The van der Waals surface area contributed by atoms with Gasteiger partial charge < -0.3 is 4.74 Å². The van der Waals surface area contributed by atoms with E-state index >= 15 is 0 Å². The van der Waals surface area contributed by atoms with Gasteiger partial charge in [0, 0.05) is 17.9 Å². The topological polar surface area (TPSA) is 71.9 Å². The smallest absolute Gasteiger partial charge is 0.363 e. The van der Waals surface area contributed by atoms with Gasteiger partial charge in [-0.15, -0.1) is 11.3 Å². The van der Waals surface area contributed by atoms with Crippen molar-refractivity contribution in [2.75, 3.05) is 4.90 Å². The summed E-state index contributed by atoms with van der Waals surface area (Å²) in [5.41, 5.74) is 5.36. The zero-order valence-corrected chi connectivity index (χ0v) is 18.5. The molecule has 7 heteroatoms. The van der Waals surface area contributed by atoms with Crippen LogP contribution in [0.15, 0.2) is 58.5 Å². The van der Waals surface area contributed by atoms with Crippen LogP contribution in [0.4, 0.5) is 10.8 Å². The lowest BCUT2D eigenvalue weighted by molar-refractivity contribution is -0.130. The third-order valence-electron chi connectivity index (χ3n) is 5.11. The van der Waals surface area contributed by atoms with Crippen LogP contribution in [0.5, 0.6) is 0 Å². The van der Waals surface area contributed by atoms with Crippen LogP contribution in [0.1, 0.15) is 34.9 Å². The van der Waals surface area contributed by atoms with Crippen LogP contribution < -0.4 is 4.90 Å². The first kappa shape index (κ1) is 20.7. The lowest BCUT2D eigenvalue weighted by Crippen LogP contribution is -2.23. The molecule has 1 aromatic heterocycles. The normalized spacial score (nSPS) is 14.5. The van der Waals surface area contributed by atoms with Gasteiger partial charge in [0.15, 0.2) is 10.8 Å². The lowest BCUT2D eigenvalue weighted by Gasteiger charge is -2.21. The number of ether oxygens (including phenoxy) is 1. The standard InChI is InChI=1S/C24H21N3O3S/c1-14-9-7-11-21(16(14)3)27(17(4)28)24-25-18(13-31-24)12-20-23(29)30-22(26-20)19-10-6-5-8-15(19)2/h5-13H,1-4H3. The summed E-state index contributed by atoms with van der Waals surface area (Å²) in [7, 11) is 0. The molecule has 4 rings (SSSR count). The van der Waals surface area contributed by atoms with Crippen molar-refractivity contribution in [3.8, 4) is 0 Å². The molecule has 0 unspecified atom stereocenters. The zero-order valence-electron chi connectivity index (χ0n) is 17.7. The Hall–Kier alpha value is -3.58. The number of benzene rings is 2. The van der Waals surface area contributed by atoms with Gasteiger partial charge in [-0.1, -0.05) is 30.3 Å². The number of amides is 1. The van der Waals surface area contributed by atoms with E-state index < -0.39 is 5.97 Å². The van der Waals surface area contributed by atoms with Crippen LogP contribution in [-0.2, 0) is 14.3 Å². The van der Waals surface area contributed by atoms with Gasteiger partial charge >= 0.3 is 5.97 Å². The van der Waals surface area contributed by atoms with E-state index in [1.54, 1.807) is 16.4 Å². The number of cyclic esters (lactones) is 1. The quantitative estimate of drug-likeness (QED) is 0.426. The largest absolute Gasteiger partial charge is 0.402 e. The Morgan fingerprint density at radius 2 is 1.81 bits per heavy atom. The van der Waals surface area contributed by atoms with Gasteiger partial charge in [0.2, 0.25) is 11.8 Å². The van der Waals surface area contributed by atoms with Crippen molar-refractivity contribution >= 4 is 46.0 Å². The van der Waals surface area contributed by atoms with Crippen molar-refractivity contribution in [3.63, 3.8) is 0 Å². The summed E-state index contributed by atoms with van der Waals surface area (Å²) in [6.07, 6.45) is 1.58. The first-order valence-electron chi connectivity index (χ1n) is 9.76. The summed E-state index contributed by atoms with van der Waals surface area (Å²) < 4.78 is 5.36. The maximum Gasteiger partial charge on any atom is 0.363 e. The maximum atomic E-state index is 12.4. The molecule has 0 saturated heterocycles. The Labute approximate surface area is 184 Å². The predicted octanol–water partition coefficient (Wildman–Crippen LogP) is 5.10. The number of aryl methyl sites for hydroxylation is 2. The number of rotatable bonds is 4. The average Bonchev–Trinajstić information content (AvgIpc) is 3.33. The van der Waals surface area contributed by atoms with Crippen molar-refractivity contribution in [1.82, 2.24) is 4.98 Å². The second-order valence-corrected chi connectivity index (χ2v) is 8.12. The predicted molar refractivity (Wildman–Crippen MR) is 123 cm³/mol. The summed E-state index contributed by atoms with van der Waals surface area (Å²) in [6.45, 7) is 7.43. The first-order chi connectivity index (χ1) is 14.8. The maximum absolute atomic E-state index is 12.4. The number of hydrogen-bond acceptors (Lipinski definition) is 6. The van der Waals surface area contributed by atoms with Gasteiger partial charge in [0.1, 0.15) is 0 Å². The fourth-order valence-electron chi connectivity index (χ4n) is 3.31. The Bertz CT molecular complexity index is 1260. The second-order valence-electron chi connectivity index (χ2n) is 7.28. The van der Waals surface area contributed by atoms with Gasteiger partial charge in [-0.2, -0.15) is 0 Å². The van der Waals surface area contributed by atoms with Crippen LogP contribution in [-0.4, -0.2) is 22.8 Å². The van der Waals surface area contributed by atoms with E-state index in [0.717, 1.165) is 27.9 Å². The molecule has 0 radical (unpaired) electrons. The molecular weight excluding hydrogens is 410 g/mol. The summed E-state index contributed by atoms with van der Waals surface area (Å²) in [5.74, 6) is -0.376. The van der Waals surface area contributed by atoms with Gasteiger partial charge in [0.25, 0.3) is 0 Å². The summed E-state index contributed by atoms with van der Waals surface area (Å²) in [6, 6.07) is 13.4. The molecule has 2 aromatic carbocycles. The monoisotopic (exact) mass is 431 g/mol. The molecule has 2 heterocycles. The molecule has 1 aliphatic rings. The molecule has 6 nitrogen and oxygen atoms in total. The van der Waals surface area contributed by atoms with Crippen LogP contribution in [0.2, 0.25) is 0 Å². The van der Waals surface area contributed by atoms with Crippen LogP contribution in [0, 0.1) is 20.8 Å². The fraction of sp³-hybridized carbons (Fsp3) is 0.167.